The zero-order chi connectivity index (χ0) is 10.7. The van der Waals surface area contributed by atoms with Crippen molar-refractivity contribution in [3.63, 3.8) is 0 Å². The monoisotopic (exact) mass is 222 g/mol. The van der Waals surface area contributed by atoms with Crippen LogP contribution >= 0.6 is 11.8 Å². The third kappa shape index (κ3) is 2.59. The second-order valence-electron chi connectivity index (χ2n) is 4.05. The van der Waals surface area contributed by atoms with Crippen LogP contribution in [0, 0.1) is 6.92 Å². The molecule has 0 saturated carbocycles. The standard InChI is InChI=1S/C12H18N2S/c1-9-4-2-6-11(12(9)13)14-8-10-5-3-7-15-10/h2,4,6,10,14H,3,5,7-8,13H2,1H3. The van der Waals surface area contributed by atoms with Gasteiger partial charge in [-0.25, -0.2) is 0 Å². The number of rotatable bonds is 3. The lowest BCUT2D eigenvalue weighted by molar-refractivity contribution is 0.805. The lowest BCUT2D eigenvalue weighted by Gasteiger charge is -2.14. The van der Waals surface area contributed by atoms with Crippen LogP contribution in [-0.4, -0.2) is 17.5 Å². The van der Waals surface area contributed by atoms with Gasteiger partial charge in [-0.1, -0.05) is 12.1 Å². The maximum absolute atomic E-state index is 6.00. The summed E-state index contributed by atoms with van der Waals surface area (Å²) in [5.74, 6) is 1.32. The lowest BCUT2D eigenvalue weighted by Crippen LogP contribution is -2.14. The number of aryl methyl sites for hydroxylation is 1. The van der Waals surface area contributed by atoms with Crippen molar-refractivity contribution in [3.8, 4) is 0 Å². The van der Waals surface area contributed by atoms with Crippen molar-refractivity contribution in [1.82, 2.24) is 0 Å². The maximum Gasteiger partial charge on any atom is 0.0579 e. The fourth-order valence-electron chi connectivity index (χ4n) is 1.86. The van der Waals surface area contributed by atoms with Crippen molar-refractivity contribution < 1.29 is 0 Å². The van der Waals surface area contributed by atoms with Gasteiger partial charge in [0.25, 0.3) is 0 Å². The molecule has 0 radical (unpaired) electrons. The van der Waals surface area contributed by atoms with E-state index in [9.17, 15) is 0 Å². The Balaban J connectivity index is 1.95. The van der Waals surface area contributed by atoms with Gasteiger partial charge in [0.15, 0.2) is 0 Å². The van der Waals surface area contributed by atoms with E-state index in [2.05, 4.69) is 29.2 Å². The minimum Gasteiger partial charge on any atom is -0.397 e. The van der Waals surface area contributed by atoms with Crippen LogP contribution in [0.2, 0.25) is 0 Å². The van der Waals surface area contributed by atoms with Crippen molar-refractivity contribution >= 4 is 23.1 Å². The first kappa shape index (κ1) is 10.7. The molecule has 0 aromatic heterocycles. The first-order valence-electron chi connectivity index (χ1n) is 5.48. The Hall–Kier alpha value is -0.830. The van der Waals surface area contributed by atoms with Gasteiger partial charge in [0.05, 0.1) is 11.4 Å². The zero-order valence-corrected chi connectivity index (χ0v) is 9.94. The van der Waals surface area contributed by atoms with Crippen molar-refractivity contribution in [1.29, 1.82) is 0 Å². The molecular weight excluding hydrogens is 204 g/mol. The number of nitrogen functional groups attached to an aromatic ring is 1. The highest BCUT2D eigenvalue weighted by molar-refractivity contribution is 8.00. The molecule has 2 rings (SSSR count). The summed E-state index contributed by atoms with van der Waals surface area (Å²) in [6.07, 6.45) is 2.70. The molecule has 1 aromatic carbocycles. The number of nitrogens with two attached hydrogens (primary N) is 1. The molecular formula is C12H18N2S. The smallest absolute Gasteiger partial charge is 0.0579 e. The fourth-order valence-corrected chi connectivity index (χ4v) is 3.07. The summed E-state index contributed by atoms with van der Waals surface area (Å²) < 4.78 is 0. The van der Waals surface area contributed by atoms with E-state index in [1.807, 2.05) is 13.0 Å². The van der Waals surface area contributed by atoms with Crippen LogP contribution in [0.5, 0.6) is 0 Å². The summed E-state index contributed by atoms with van der Waals surface area (Å²) in [7, 11) is 0. The van der Waals surface area contributed by atoms with Crippen molar-refractivity contribution in [2.24, 2.45) is 0 Å². The van der Waals surface area contributed by atoms with E-state index in [1.165, 1.54) is 18.6 Å². The Labute approximate surface area is 95.6 Å². The summed E-state index contributed by atoms with van der Waals surface area (Å²) >= 11 is 2.07. The average Bonchev–Trinajstić information content (AvgIpc) is 2.73. The summed E-state index contributed by atoms with van der Waals surface area (Å²) in [5.41, 5.74) is 9.12. The lowest BCUT2D eigenvalue weighted by atomic mass is 10.1. The molecule has 3 heteroatoms. The van der Waals surface area contributed by atoms with Crippen molar-refractivity contribution in [2.45, 2.75) is 25.0 Å². The highest BCUT2D eigenvalue weighted by atomic mass is 32.2. The summed E-state index contributed by atoms with van der Waals surface area (Å²) in [4.78, 5) is 0. The normalized spacial score (nSPS) is 20.5. The molecule has 0 bridgehead atoms. The summed E-state index contributed by atoms with van der Waals surface area (Å²) in [5, 5.41) is 4.22. The third-order valence-electron chi connectivity index (χ3n) is 2.87. The van der Waals surface area contributed by atoms with Crippen molar-refractivity contribution in [2.75, 3.05) is 23.3 Å². The first-order valence-corrected chi connectivity index (χ1v) is 6.53. The number of hydrogen-bond acceptors (Lipinski definition) is 3. The van der Waals surface area contributed by atoms with Crippen LogP contribution in [0.1, 0.15) is 18.4 Å². The van der Waals surface area contributed by atoms with E-state index in [-0.39, 0.29) is 0 Å². The molecule has 0 amide bonds. The van der Waals surface area contributed by atoms with E-state index >= 15 is 0 Å². The second-order valence-corrected chi connectivity index (χ2v) is 5.46. The molecule has 1 aliphatic heterocycles. The topological polar surface area (TPSA) is 38.0 Å². The van der Waals surface area contributed by atoms with Crippen LogP contribution in [0.4, 0.5) is 11.4 Å². The molecule has 1 heterocycles. The SMILES string of the molecule is Cc1cccc(NCC2CCCS2)c1N. The van der Waals surface area contributed by atoms with Crippen LogP contribution < -0.4 is 11.1 Å². The fraction of sp³-hybridized carbons (Fsp3) is 0.500. The van der Waals surface area contributed by atoms with E-state index in [1.54, 1.807) is 0 Å². The van der Waals surface area contributed by atoms with Crippen LogP contribution in [-0.2, 0) is 0 Å². The molecule has 3 N–H and O–H groups in total. The van der Waals surface area contributed by atoms with Crippen LogP contribution in [0.3, 0.4) is 0 Å². The highest BCUT2D eigenvalue weighted by Crippen LogP contribution is 2.28. The predicted molar refractivity (Wildman–Crippen MR) is 69.6 cm³/mol. The minimum atomic E-state index is 0.768. The molecule has 15 heavy (non-hydrogen) atoms. The molecule has 1 aromatic rings. The van der Waals surface area contributed by atoms with Gasteiger partial charge >= 0.3 is 0 Å². The molecule has 2 nitrogen and oxygen atoms in total. The zero-order valence-electron chi connectivity index (χ0n) is 9.12. The summed E-state index contributed by atoms with van der Waals surface area (Å²) in [6, 6.07) is 6.16. The number of para-hydroxylation sites is 1. The minimum absolute atomic E-state index is 0.768. The second kappa shape index (κ2) is 4.79. The van der Waals surface area contributed by atoms with Gasteiger partial charge < -0.3 is 11.1 Å². The third-order valence-corrected chi connectivity index (χ3v) is 4.27. The Morgan fingerprint density at radius 2 is 2.40 bits per heavy atom. The maximum atomic E-state index is 6.00. The van der Waals surface area contributed by atoms with E-state index < -0.39 is 0 Å². The summed E-state index contributed by atoms with van der Waals surface area (Å²) in [6.45, 7) is 3.09. The molecule has 0 aliphatic carbocycles. The van der Waals surface area contributed by atoms with Gasteiger partial charge in [0, 0.05) is 11.8 Å². The average molecular weight is 222 g/mol. The molecule has 1 unspecified atom stereocenters. The van der Waals surface area contributed by atoms with Gasteiger partial charge in [0.2, 0.25) is 0 Å². The molecule has 1 saturated heterocycles. The van der Waals surface area contributed by atoms with Crippen LogP contribution in [0.25, 0.3) is 0 Å². The number of benzene rings is 1. The van der Waals surface area contributed by atoms with Crippen LogP contribution in [0.15, 0.2) is 18.2 Å². The largest absolute Gasteiger partial charge is 0.397 e. The number of thioether (sulfide) groups is 1. The Morgan fingerprint density at radius 1 is 1.53 bits per heavy atom. The molecule has 1 atom stereocenters. The molecule has 82 valence electrons. The van der Waals surface area contributed by atoms with E-state index in [0.29, 0.717) is 0 Å². The Morgan fingerprint density at radius 3 is 3.13 bits per heavy atom. The highest BCUT2D eigenvalue weighted by Gasteiger charge is 2.15. The Kier molecular flexibility index (Phi) is 3.41. The molecule has 0 spiro atoms. The van der Waals surface area contributed by atoms with Gasteiger partial charge in [-0.05, 0) is 37.1 Å². The Bertz CT molecular complexity index is 332. The molecule has 1 fully saturated rings. The van der Waals surface area contributed by atoms with E-state index in [0.717, 1.165) is 28.7 Å². The number of anilines is 2. The van der Waals surface area contributed by atoms with Gasteiger partial charge in [-0.15, -0.1) is 0 Å². The van der Waals surface area contributed by atoms with Gasteiger partial charge in [-0.2, -0.15) is 11.8 Å². The first-order chi connectivity index (χ1) is 7.27. The van der Waals surface area contributed by atoms with Gasteiger partial charge in [-0.3, -0.25) is 0 Å². The predicted octanol–water partition coefficient (Wildman–Crippen LogP) is 2.88. The van der Waals surface area contributed by atoms with Gasteiger partial charge in [0.1, 0.15) is 0 Å². The number of hydrogen-bond donors (Lipinski definition) is 2. The quantitative estimate of drug-likeness (QED) is 0.772. The molecule has 1 aliphatic rings. The van der Waals surface area contributed by atoms with Crippen molar-refractivity contribution in [3.05, 3.63) is 23.8 Å². The number of nitrogens with one attached hydrogen (secondary N) is 1. The van der Waals surface area contributed by atoms with E-state index in [4.69, 9.17) is 5.73 Å².